The minimum atomic E-state index is 0.617. The van der Waals surface area contributed by atoms with Gasteiger partial charge in [0.15, 0.2) is 0 Å². The smallest absolute Gasteiger partial charge is 0.147 e. The lowest BCUT2D eigenvalue weighted by Crippen LogP contribution is -2.05. The average molecular weight is 237 g/mol. The van der Waals surface area contributed by atoms with Gasteiger partial charge in [-0.25, -0.2) is 9.67 Å². The van der Waals surface area contributed by atoms with Crippen LogP contribution in [-0.4, -0.2) is 14.8 Å². The molecular formula is C11H13ClN4. The molecular weight excluding hydrogens is 224 g/mol. The fourth-order valence-electron chi connectivity index (χ4n) is 1.56. The Hall–Kier alpha value is -1.55. The third-order valence-electron chi connectivity index (χ3n) is 2.36. The van der Waals surface area contributed by atoms with Crippen LogP contribution in [0.3, 0.4) is 0 Å². The highest BCUT2D eigenvalue weighted by Gasteiger charge is 2.06. The van der Waals surface area contributed by atoms with Gasteiger partial charge in [-0.3, -0.25) is 0 Å². The highest BCUT2D eigenvalue weighted by atomic mass is 35.5. The van der Waals surface area contributed by atoms with Crippen LogP contribution < -0.4 is 5.73 Å². The van der Waals surface area contributed by atoms with Crippen LogP contribution in [0.15, 0.2) is 18.2 Å². The standard InChI is InChI=1S/C11H13ClN4/c1-7-14-8(2)16(15-7)6-9-3-4-10(13)5-11(9)12/h3-5H,6,13H2,1-2H3. The van der Waals surface area contributed by atoms with Gasteiger partial charge in [-0.05, 0) is 31.5 Å². The monoisotopic (exact) mass is 236 g/mol. The molecule has 0 radical (unpaired) electrons. The summed E-state index contributed by atoms with van der Waals surface area (Å²) < 4.78 is 1.83. The first kappa shape index (κ1) is 11.0. The molecule has 1 aromatic carbocycles. The molecule has 0 aliphatic rings. The van der Waals surface area contributed by atoms with Crippen molar-refractivity contribution in [3.8, 4) is 0 Å². The predicted molar refractivity (Wildman–Crippen MR) is 64.5 cm³/mol. The molecule has 0 aliphatic heterocycles. The summed E-state index contributed by atoms with van der Waals surface area (Å²) in [7, 11) is 0. The molecule has 16 heavy (non-hydrogen) atoms. The van der Waals surface area contributed by atoms with Crippen molar-refractivity contribution in [1.82, 2.24) is 14.8 Å². The number of nitrogens with two attached hydrogens (primary N) is 1. The molecule has 0 unspecified atom stereocenters. The zero-order valence-electron chi connectivity index (χ0n) is 9.24. The molecule has 1 aromatic heterocycles. The van der Waals surface area contributed by atoms with Crippen molar-refractivity contribution in [3.05, 3.63) is 40.4 Å². The molecule has 0 amide bonds. The summed E-state index contributed by atoms with van der Waals surface area (Å²) >= 11 is 6.10. The Morgan fingerprint density at radius 2 is 2.12 bits per heavy atom. The second-order valence-corrected chi connectivity index (χ2v) is 4.12. The summed E-state index contributed by atoms with van der Waals surface area (Å²) in [6.45, 7) is 4.41. The van der Waals surface area contributed by atoms with E-state index in [-0.39, 0.29) is 0 Å². The number of nitrogens with zero attached hydrogens (tertiary/aromatic N) is 3. The molecule has 0 fully saturated rings. The van der Waals surface area contributed by atoms with Gasteiger partial charge in [0.05, 0.1) is 6.54 Å². The number of rotatable bonds is 2. The van der Waals surface area contributed by atoms with Gasteiger partial charge in [0.1, 0.15) is 11.6 Å². The Morgan fingerprint density at radius 1 is 1.38 bits per heavy atom. The maximum absolute atomic E-state index is 6.10. The lowest BCUT2D eigenvalue weighted by molar-refractivity contribution is 0.656. The van der Waals surface area contributed by atoms with Gasteiger partial charge in [0.2, 0.25) is 0 Å². The number of aromatic nitrogens is 3. The maximum Gasteiger partial charge on any atom is 0.147 e. The Bertz CT molecular complexity index is 519. The van der Waals surface area contributed by atoms with E-state index >= 15 is 0 Å². The highest BCUT2D eigenvalue weighted by Crippen LogP contribution is 2.20. The van der Waals surface area contributed by atoms with Gasteiger partial charge < -0.3 is 5.73 Å². The van der Waals surface area contributed by atoms with Gasteiger partial charge in [0.25, 0.3) is 0 Å². The van der Waals surface area contributed by atoms with Crippen LogP contribution >= 0.6 is 11.6 Å². The fourth-order valence-corrected chi connectivity index (χ4v) is 1.81. The fraction of sp³-hybridized carbons (Fsp3) is 0.273. The topological polar surface area (TPSA) is 56.7 Å². The van der Waals surface area contributed by atoms with E-state index in [1.165, 1.54) is 0 Å². The van der Waals surface area contributed by atoms with Gasteiger partial charge in [-0.1, -0.05) is 17.7 Å². The predicted octanol–water partition coefficient (Wildman–Crippen LogP) is 2.18. The lowest BCUT2D eigenvalue weighted by Gasteiger charge is -2.06. The largest absolute Gasteiger partial charge is 0.399 e. The van der Waals surface area contributed by atoms with Crippen molar-refractivity contribution in [2.45, 2.75) is 20.4 Å². The molecule has 5 heteroatoms. The van der Waals surface area contributed by atoms with Crippen molar-refractivity contribution < 1.29 is 0 Å². The summed E-state index contributed by atoms with van der Waals surface area (Å²) in [6, 6.07) is 5.49. The molecule has 2 rings (SSSR count). The first-order valence-corrected chi connectivity index (χ1v) is 5.36. The van der Waals surface area contributed by atoms with E-state index in [0.29, 0.717) is 17.3 Å². The summed E-state index contributed by atoms with van der Waals surface area (Å²) in [5.41, 5.74) is 7.29. The molecule has 0 saturated heterocycles. The quantitative estimate of drug-likeness (QED) is 0.814. The van der Waals surface area contributed by atoms with Crippen molar-refractivity contribution >= 4 is 17.3 Å². The third-order valence-corrected chi connectivity index (χ3v) is 2.71. The Balaban J connectivity index is 2.30. The zero-order valence-corrected chi connectivity index (χ0v) is 9.99. The Kier molecular flexibility index (Phi) is 2.83. The molecule has 0 spiro atoms. The second-order valence-electron chi connectivity index (χ2n) is 3.71. The lowest BCUT2D eigenvalue weighted by atomic mass is 10.2. The van der Waals surface area contributed by atoms with Crippen LogP contribution in [0.2, 0.25) is 5.02 Å². The van der Waals surface area contributed by atoms with E-state index < -0.39 is 0 Å². The maximum atomic E-state index is 6.10. The van der Waals surface area contributed by atoms with Crippen LogP contribution in [0.4, 0.5) is 5.69 Å². The molecule has 0 saturated carbocycles. The molecule has 0 bridgehead atoms. The van der Waals surface area contributed by atoms with Gasteiger partial charge in [-0.2, -0.15) is 5.10 Å². The van der Waals surface area contributed by atoms with E-state index in [9.17, 15) is 0 Å². The van der Waals surface area contributed by atoms with E-state index in [1.807, 2.05) is 30.7 Å². The number of anilines is 1. The molecule has 1 heterocycles. The minimum absolute atomic E-state index is 0.617. The van der Waals surface area contributed by atoms with Crippen LogP contribution in [0.5, 0.6) is 0 Å². The van der Waals surface area contributed by atoms with Gasteiger partial charge in [0, 0.05) is 10.7 Å². The van der Waals surface area contributed by atoms with E-state index in [4.69, 9.17) is 17.3 Å². The molecule has 0 aliphatic carbocycles. The number of hydrogen-bond donors (Lipinski definition) is 1. The van der Waals surface area contributed by atoms with Crippen molar-refractivity contribution in [3.63, 3.8) is 0 Å². The number of aryl methyl sites for hydroxylation is 2. The summed E-state index contributed by atoms with van der Waals surface area (Å²) in [6.07, 6.45) is 0. The minimum Gasteiger partial charge on any atom is -0.399 e. The van der Waals surface area contributed by atoms with Crippen LogP contribution in [0.1, 0.15) is 17.2 Å². The zero-order chi connectivity index (χ0) is 11.7. The number of hydrogen-bond acceptors (Lipinski definition) is 3. The van der Waals surface area contributed by atoms with Crippen LogP contribution in [-0.2, 0) is 6.54 Å². The Morgan fingerprint density at radius 3 is 2.69 bits per heavy atom. The van der Waals surface area contributed by atoms with Gasteiger partial charge >= 0.3 is 0 Å². The highest BCUT2D eigenvalue weighted by molar-refractivity contribution is 6.31. The SMILES string of the molecule is Cc1nc(C)n(Cc2ccc(N)cc2Cl)n1. The number of benzene rings is 1. The average Bonchev–Trinajstić information content (AvgIpc) is 2.50. The molecule has 2 N–H and O–H groups in total. The third kappa shape index (κ3) is 2.17. The van der Waals surface area contributed by atoms with Crippen molar-refractivity contribution in [2.75, 3.05) is 5.73 Å². The van der Waals surface area contributed by atoms with Crippen LogP contribution in [0.25, 0.3) is 0 Å². The first-order chi connectivity index (χ1) is 7.56. The first-order valence-electron chi connectivity index (χ1n) is 4.98. The van der Waals surface area contributed by atoms with E-state index in [2.05, 4.69) is 10.1 Å². The Labute approximate surface area is 99.1 Å². The number of halogens is 1. The normalized spacial score (nSPS) is 10.7. The molecule has 0 atom stereocenters. The van der Waals surface area contributed by atoms with Crippen molar-refractivity contribution in [2.24, 2.45) is 0 Å². The molecule has 4 nitrogen and oxygen atoms in total. The number of nitrogen functional groups attached to an aromatic ring is 1. The summed E-state index contributed by atoms with van der Waals surface area (Å²) in [5, 5.41) is 4.94. The van der Waals surface area contributed by atoms with E-state index in [0.717, 1.165) is 17.2 Å². The van der Waals surface area contributed by atoms with Gasteiger partial charge in [-0.15, -0.1) is 0 Å². The van der Waals surface area contributed by atoms with E-state index in [1.54, 1.807) is 6.07 Å². The van der Waals surface area contributed by atoms with Crippen molar-refractivity contribution in [1.29, 1.82) is 0 Å². The molecule has 84 valence electrons. The second kappa shape index (κ2) is 4.14. The molecule has 2 aromatic rings. The summed E-state index contributed by atoms with van der Waals surface area (Å²) in [4.78, 5) is 4.24. The van der Waals surface area contributed by atoms with Crippen LogP contribution in [0, 0.1) is 13.8 Å². The summed E-state index contributed by atoms with van der Waals surface area (Å²) in [5.74, 6) is 1.65.